The molecule has 7 nitrogen and oxygen atoms in total. The molecule has 2 aromatic carbocycles. The molecule has 2 fully saturated rings. The first-order chi connectivity index (χ1) is 18.5. The quantitative estimate of drug-likeness (QED) is 0.246. The molecule has 10 heteroatoms. The number of nitrogens with zero attached hydrogens (tertiary/aromatic N) is 3. The molecule has 0 bridgehead atoms. The van der Waals surface area contributed by atoms with Gasteiger partial charge in [0.25, 0.3) is 5.91 Å². The van der Waals surface area contributed by atoms with E-state index >= 15 is 0 Å². The minimum absolute atomic E-state index is 0.217. The van der Waals surface area contributed by atoms with E-state index in [1.165, 1.54) is 68.3 Å². The molecule has 3 aliphatic rings. The van der Waals surface area contributed by atoms with Gasteiger partial charge in [-0.25, -0.2) is 9.37 Å². The number of carbonyl (C=O) groups excluding carboxylic acids is 1. The maximum absolute atomic E-state index is 14.2. The van der Waals surface area contributed by atoms with Crippen LogP contribution < -0.4 is 20.7 Å². The smallest absolute Gasteiger partial charge is 0.253 e. The summed E-state index contributed by atoms with van der Waals surface area (Å²) >= 11 is 5.36. The molecule has 2 aliphatic carbocycles. The molecule has 6 rings (SSSR count). The Kier molecular flexibility index (Phi) is 7.18. The number of anilines is 5. The van der Waals surface area contributed by atoms with Crippen molar-refractivity contribution in [3.63, 3.8) is 0 Å². The predicted octanol–water partition coefficient (Wildman–Crippen LogP) is 7.29. The molecule has 0 saturated heterocycles. The first kappa shape index (κ1) is 25.4. The van der Waals surface area contributed by atoms with Gasteiger partial charge in [0.1, 0.15) is 11.6 Å². The molecular weight excluding hydrogens is 567 g/mol. The third kappa shape index (κ3) is 5.08. The number of rotatable bonds is 7. The molecule has 38 heavy (non-hydrogen) atoms. The van der Waals surface area contributed by atoms with E-state index in [-0.39, 0.29) is 11.3 Å². The molecular formula is C28H30BrFN6OS. The van der Waals surface area contributed by atoms with Crippen LogP contribution >= 0.6 is 27.9 Å². The topological polar surface area (TPSA) is 96.2 Å². The van der Waals surface area contributed by atoms with Gasteiger partial charge in [0.2, 0.25) is 5.95 Å². The number of aromatic nitrogens is 2. The summed E-state index contributed by atoms with van der Waals surface area (Å²) in [6.07, 6.45) is 11.2. The Morgan fingerprint density at radius 3 is 2.76 bits per heavy atom. The second-order valence-corrected chi connectivity index (χ2v) is 12.2. The van der Waals surface area contributed by atoms with Gasteiger partial charge in [-0.15, -0.1) is 0 Å². The predicted molar refractivity (Wildman–Crippen MR) is 155 cm³/mol. The number of primary amides is 1. The summed E-state index contributed by atoms with van der Waals surface area (Å²) in [7, 11) is 0. The number of hydrogen-bond acceptors (Lipinski definition) is 7. The number of fused-ring (bicyclic) bond motifs is 1. The Bertz CT molecular complexity index is 1370. The Morgan fingerprint density at radius 1 is 1.11 bits per heavy atom. The highest BCUT2D eigenvalue weighted by Gasteiger charge is 2.37. The molecule has 4 N–H and O–H groups in total. The zero-order chi connectivity index (χ0) is 26.2. The average Bonchev–Trinajstić information content (AvgIpc) is 3.66. The largest absolute Gasteiger partial charge is 0.365 e. The lowest BCUT2D eigenvalue weighted by Gasteiger charge is -2.27. The first-order valence-corrected chi connectivity index (χ1v) is 14.9. The number of carbonyl (C=O) groups is 1. The van der Waals surface area contributed by atoms with E-state index in [9.17, 15) is 9.18 Å². The minimum Gasteiger partial charge on any atom is -0.365 e. The van der Waals surface area contributed by atoms with E-state index in [1.807, 2.05) is 11.9 Å². The summed E-state index contributed by atoms with van der Waals surface area (Å²) < 4.78 is 17.3. The fraction of sp³-hybridized carbons (Fsp3) is 0.393. The standard InChI is InChI=1S/C28H30BrFN6OS/c29-21-14-32-28(35-27(21)34-23-7-3-6-22(30)25(23)26(31)37)33-19-10-8-18-15-38-36(24(18)13-19)20-11-9-17(12-20)16-4-1-2-5-16/h3,6-8,10,13-14,16-17,20H,1-2,4-5,9,11-12,15H2,(H2,31,37)(H2,32,33,34,35). The molecule has 0 spiro atoms. The van der Waals surface area contributed by atoms with Gasteiger partial charge in [-0.05, 0) is 88.8 Å². The second kappa shape index (κ2) is 10.7. The maximum atomic E-state index is 14.2. The van der Waals surface area contributed by atoms with Crippen molar-refractivity contribution in [3.8, 4) is 0 Å². The number of hydrogen-bond donors (Lipinski definition) is 3. The van der Waals surface area contributed by atoms with Gasteiger partial charge in [-0.1, -0.05) is 37.8 Å². The normalized spacial score (nSPS) is 21.1. The van der Waals surface area contributed by atoms with Crippen molar-refractivity contribution in [1.29, 1.82) is 0 Å². The summed E-state index contributed by atoms with van der Waals surface area (Å²) in [4.78, 5) is 20.8. The molecule has 3 aromatic rings. The highest BCUT2D eigenvalue weighted by molar-refractivity contribution is 9.10. The fourth-order valence-electron chi connectivity index (χ4n) is 6.19. The van der Waals surface area contributed by atoms with E-state index in [4.69, 9.17) is 5.73 Å². The Hall–Kier alpha value is -2.85. The summed E-state index contributed by atoms with van der Waals surface area (Å²) in [5.41, 5.74) is 8.95. The van der Waals surface area contributed by atoms with E-state index in [0.717, 1.165) is 23.3 Å². The van der Waals surface area contributed by atoms with Crippen LogP contribution in [0.2, 0.25) is 0 Å². The van der Waals surface area contributed by atoms with Crippen molar-refractivity contribution in [2.75, 3.05) is 14.9 Å². The molecule has 1 aromatic heterocycles. The van der Waals surface area contributed by atoms with Gasteiger partial charge in [0.15, 0.2) is 0 Å². The van der Waals surface area contributed by atoms with Gasteiger partial charge in [-0.3, -0.25) is 4.79 Å². The van der Waals surface area contributed by atoms with E-state index in [0.29, 0.717) is 22.3 Å². The van der Waals surface area contributed by atoms with Crippen molar-refractivity contribution >= 4 is 62.6 Å². The van der Waals surface area contributed by atoms with Crippen LogP contribution in [0.5, 0.6) is 0 Å². The van der Waals surface area contributed by atoms with E-state index in [1.54, 1.807) is 12.3 Å². The number of nitrogens with two attached hydrogens (primary N) is 1. The van der Waals surface area contributed by atoms with Crippen LogP contribution in [0, 0.1) is 17.7 Å². The minimum atomic E-state index is -0.855. The number of benzene rings is 2. The van der Waals surface area contributed by atoms with Crippen molar-refractivity contribution in [2.45, 2.75) is 56.7 Å². The molecule has 2 heterocycles. The number of amides is 1. The Morgan fingerprint density at radius 2 is 1.95 bits per heavy atom. The lowest BCUT2D eigenvalue weighted by atomic mass is 9.89. The van der Waals surface area contributed by atoms with Crippen molar-refractivity contribution < 1.29 is 9.18 Å². The van der Waals surface area contributed by atoms with E-state index in [2.05, 4.69) is 59.0 Å². The zero-order valence-corrected chi connectivity index (χ0v) is 23.3. The lowest BCUT2D eigenvalue weighted by Crippen LogP contribution is -2.25. The van der Waals surface area contributed by atoms with Crippen LogP contribution in [0.15, 0.2) is 47.1 Å². The van der Waals surface area contributed by atoms with Gasteiger partial charge in [0.05, 0.1) is 21.4 Å². The fourth-order valence-corrected chi connectivity index (χ4v) is 7.72. The van der Waals surface area contributed by atoms with Gasteiger partial charge in [-0.2, -0.15) is 4.98 Å². The molecule has 2 saturated carbocycles. The summed E-state index contributed by atoms with van der Waals surface area (Å²) in [5.74, 6) is 2.03. The molecule has 2 atom stereocenters. The van der Waals surface area contributed by atoms with Crippen molar-refractivity contribution in [2.24, 2.45) is 17.6 Å². The van der Waals surface area contributed by atoms with Crippen molar-refractivity contribution in [1.82, 2.24) is 9.97 Å². The zero-order valence-electron chi connectivity index (χ0n) is 20.9. The van der Waals surface area contributed by atoms with Crippen LogP contribution in [0.1, 0.15) is 60.9 Å². The van der Waals surface area contributed by atoms with Gasteiger partial charge < -0.3 is 20.7 Å². The Labute approximate surface area is 234 Å². The Balaban J connectivity index is 1.19. The molecule has 198 valence electrons. The summed E-state index contributed by atoms with van der Waals surface area (Å²) in [5, 5.41) is 6.33. The lowest BCUT2D eigenvalue weighted by molar-refractivity contribution is 0.0997. The molecule has 0 radical (unpaired) electrons. The van der Waals surface area contributed by atoms with E-state index < -0.39 is 11.7 Å². The summed E-state index contributed by atoms with van der Waals surface area (Å²) in [6.45, 7) is 0. The van der Waals surface area contributed by atoms with Gasteiger partial charge >= 0.3 is 0 Å². The van der Waals surface area contributed by atoms with Gasteiger partial charge in [0, 0.05) is 23.7 Å². The molecule has 1 amide bonds. The first-order valence-electron chi connectivity index (χ1n) is 13.2. The van der Waals surface area contributed by atoms with Crippen LogP contribution in [0.25, 0.3) is 0 Å². The monoisotopic (exact) mass is 596 g/mol. The van der Waals surface area contributed by atoms with Crippen LogP contribution in [-0.4, -0.2) is 21.9 Å². The average molecular weight is 598 g/mol. The molecule has 1 aliphatic heterocycles. The van der Waals surface area contributed by atoms with Crippen molar-refractivity contribution in [3.05, 3.63) is 64.0 Å². The second-order valence-electron chi connectivity index (χ2n) is 10.4. The maximum Gasteiger partial charge on any atom is 0.253 e. The SMILES string of the molecule is NC(=O)c1c(F)cccc1Nc1nc(Nc2ccc3c(c2)N(C2CCC(C4CCCC4)C2)SC3)ncc1Br. The van der Waals surface area contributed by atoms with Crippen LogP contribution in [0.3, 0.4) is 0 Å². The number of halogens is 2. The highest BCUT2D eigenvalue weighted by Crippen LogP contribution is 2.48. The molecule has 2 unspecified atom stereocenters. The highest BCUT2D eigenvalue weighted by atomic mass is 79.9. The number of nitrogens with one attached hydrogen (secondary N) is 2. The third-order valence-electron chi connectivity index (χ3n) is 8.04. The third-order valence-corrected chi connectivity index (χ3v) is 9.83. The van der Waals surface area contributed by atoms with Crippen LogP contribution in [0.4, 0.5) is 33.2 Å². The van der Waals surface area contributed by atoms with Crippen LogP contribution in [-0.2, 0) is 5.75 Å². The summed E-state index contributed by atoms with van der Waals surface area (Å²) in [6, 6.07) is 11.3.